The van der Waals surface area contributed by atoms with Crippen LogP contribution in [0.25, 0.3) is 0 Å². The summed E-state index contributed by atoms with van der Waals surface area (Å²) in [7, 11) is 0. The van der Waals surface area contributed by atoms with Crippen molar-refractivity contribution in [2.45, 2.75) is 6.04 Å². The Balaban J connectivity index is 2.44. The molecule has 0 amide bonds. The summed E-state index contributed by atoms with van der Waals surface area (Å²) in [5, 5.41) is 0. The molecular formula is C13H9BrF3N. The van der Waals surface area contributed by atoms with Crippen LogP contribution in [0, 0.1) is 17.5 Å². The fraction of sp³-hybridized carbons (Fsp3) is 0.0769. The van der Waals surface area contributed by atoms with E-state index in [2.05, 4.69) is 15.9 Å². The Morgan fingerprint density at radius 3 is 2.28 bits per heavy atom. The van der Waals surface area contributed by atoms with Crippen LogP contribution < -0.4 is 5.73 Å². The summed E-state index contributed by atoms with van der Waals surface area (Å²) in [6.07, 6.45) is 0. The second-order valence-electron chi connectivity index (χ2n) is 3.82. The van der Waals surface area contributed by atoms with Crippen molar-refractivity contribution in [3.05, 3.63) is 69.4 Å². The molecule has 1 unspecified atom stereocenters. The van der Waals surface area contributed by atoms with Gasteiger partial charge in [0.2, 0.25) is 0 Å². The number of benzene rings is 2. The van der Waals surface area contributed by atoms with Crippen molar-refractivity contribution in [3.8, 4) is 0 Å². The topological polar surface area (TPSA) is 26.0 Å². The second kappa shape index (κ2) is 5.12. The lowest BCUT2D eigenvalue weighted by Crippen LogP contribution is -2.14. The van der Waals surface area contributed by atoms with Crippen molar-refractivity contribution in [2.75, 3.05) is 0 Å². The van der Waals surface area contributed by atoms with E-state index in [1.807, 2.05) is 0 Å². The number of hydrogen-bond donors (Lipinski definition) is 1. The van der Waals surface area contributed by atoms with Gasteiger partial charge >= 0.3 is 0 Å². The predicted molar refractivity (Wildman–Crippen MR) is 66.5 cm³/mol. The van der Waals surface area contributed by atoms with Crippen molar-refractivity contribution >= 4 is 15.9 Å². The number of halogens is 4. The third-order valence-electron chi connectivity index (χ3n) is 2.60. The van der Waals surface area contributed by atoms with Crippen LogP contribution in [0.3, 0.4) is 0 Å². The van der Waals surface area contributed by atoms with E-state index in [4.69, 9.17) is 5.73 Å². The van der Waals surface area contributed by atoms with Gasteiger partial charge in [-0.1, -0.05) is 6.07 Å². The van der Waals surface area contributed by atoms with Crippen molar-refractivity contribution in [1.82, 2.24) is 0 Å². The first-order chi connectivity index (χ1) is 8.49. The SMILES string of the molecule is NC(c1ccc(F)c(Br)c1)c1cc(F)ccc1F. The zero-order valence-electron chi connectivity index (χ0n) is 9.13. The van der Waals surface area contributed by atoms with Gasteiger partial charge in [0.1, 0.15) is 17.5 Å². The van der Waals surface area contributed by atoms with Gasteiger partial charge in [0.25, 0.3) is 0 Å². The lowest BCUT2D eigenvalue weighted by molar-refractivity contribution is 0.576. The Kier molecular flexibility index (Phi) is 3.73. The van der Waals surface area contributed by atoms with E-state index in [0.29, 0.717) is 5.56 Å². The van der Waals surface area contributed by atoms with Gasteiger partial charge in [-0.25, -0.2) is 13.2 Å². The molecule has 94 valence electrons. The van der Waals surface area contributed by atoms with Gasteiger partial charge in [0.05, 0.1) is 10.5 Å². The molecule has 2 aromatic rings. The average molecular weight is 316 g/mol. The van der Waals surface area contributed by atoms with Gasteiger partial charge in [-0.05, 0) is 51.8 Å². The molecule has 0 fully saturated rings. The Labute approximate surface area is 111 Å². The molecule has 0 aromatic heterocycles. The Hall–Kier alpha value is -1.33. The first-order valence-electron chi connectivity index (χ1n) is 5.14. The van der Waals surface area contributed by atoms with E-state index < -0.39 is 23.5 Å². The van der Waals surface area contributed by atoms with Gasteiger partial charge in [-0.2, -0.15) is 0 Å². The quantitative estimate of drug-likeness (QED) is 0.893. The third kappa shape index (κ3) is 2.57. The first-order valence-corrected chi connectivity index (χ1v) is 5.94. The third-order valence-corrected chi connectivity index (χ3v) is 3.20. The van der Waals surface area contributed by atoms with Crippen LogP contribution in [-0.2, 0) is 0 Å². The molecule has 5 heteroatoms. The van der Waals surface area contributed by atoms with Crippen LogP contribution in [0.2, 0.25) is 0 Å². The van der Waals surface area contributed by atoms with E-state index >= 15 is 0 Å². The van der Waals surface area contributed by atoms with Gasteiger partial charge in [0, 0.05) is 5.56 Å². The summed E-state index contributed by atoms with van der Waals surface area (Å²) in [6.45, 7) is 0. The molecule has 0 aliphatic rings. The summed E-state index contributed by atoms with van der Waals surface area (Å²) in [5.74, 6) is -1.60. The normalized spacial score (nSPS) is 12.5. The molecule has 0 bridgehead atoms. The van der Waals surface area contributed by atoms with Crippen molar-refractivity contribution in [3.63, 3.8) is 0 Å². The first kappa shape index (κ1) is 13.1. The van der Waals surface area contributed by atoms with E-state index in [1.54, 1.807) is 0 Å². The number of hydrogen-bond acceptors (Lipinski definition) is 1. The fourth-order valence-corrected chi connectivity index (χ4v) is 2.03. The predicted octanol–water partition coefficient (Wildman–Crippen LogP) is 3.91. The van der Waals surface area contributed by atoms with Crippen LogP contribution in [0.1, 0.15) is 17.2 Å². The maximum absolute atomic E-state index is 13.6. The molecule has 0 saturated carbocycles. The molecule has 2 aromatic carbocycles. The van der Waals surface area contributed by atoms with Crippen molar-refractivity contribution in [2.24, 2.45) is 5.73 Å². The molecule has 1 nitrogen and oxygen atoms in total. The minimum atomic E-state index is -0.849. The Bertz CT molecular complexity index is 586. The van der Waals surface area contributed by atoms with E-state index in [1.165, 1.54) is 18.2 Å². The highest BCUT2D eigenvalue weighted by atomic mass is 79.9. The fourth-order valence-electron chi connectivity index (χ4n) is 1.64. The van der Waals surface area contributed by atoms with Crippen molar-refractivity contribution < 1.29 is 13.2 Å². The molecule has 0 aliphatic heterocycles. The molecule has 0 spiro atoms. The van der Waals surface area contributed by atoms with Crippen LogP contribution >= 0.6 is 15.9 Å². The van der Waals surface area contributed by atoms with E-state index in [-0.39, 0.29) is 10.0 Å². The standard InChI is InChI=1S/C13H9BrF3N/c14-10-5-7(1-3-12(10)17)13(18)9-6-8(15)2-4-11(9)16/h1-6,13H,18H2. The summed E-state index contributed by atoms with van der Waals surface area (Å²) in [5.41, 5.74) is 6.38. The smallest absolute Gasteiger partial charge is 0.137 e. The van der Waals surface area contributed by atoms with Gasteiger partial charge in [-0.3, -0.25) is 0 Å². The Morgan fingerprint density at radius 2 is 1.61 bits per heavy atom. The molecule has 0 saturated heterocycles. The summed E-state index contributed by atoms with van der Waals surface area (Å²) < 4.78 is 39.9. The molecular weight excluding hydrogens is 307 g/mol. The highest BCUT2D eigenvalue weighted by Gasteiger charge is 2.15. The molecule has 2 rings (SSSR count). The maximum Gasteiger partial charge on any atom is 0.137 e. The van der Waals surface area contributed by atoms with Crippen LogP contribution in [0.5, 0.6) is 0 Å². The number of nitrogens with two attached hydrogens (primary N) is 1. The van der Waals surface area contributed by atoms with Crippen LogP contribution in [0.15, 0.2) is 40.9 Å². The highest BCUT2D eigenvalue weighted by molar-refractivity contribution is 9.10. The van der Waals surface area contributed by atoms with Gasteiger partial charge in [0.15, 0.2) is 0 Å². The van der Waals surface area contributed by atoms with Crippen molar-refractivity contribution in [1.29, 1.82) is 0 Å². The highest BCUT2D eigenvalue weighted by Crippen LogP contribution is 2.26. The molecule has 0 radical (unpaired) electrons. The summed E-state index contributed by atoms with van der Waals surface area (Å²) in [6, 6.07) is 6.33. The minimum Gasteiger partial charge on any atom is -0.320 e. The second-order valence-corrected chi connectivity index (χ2v) is 4.67. The monoisotopic (exact) mass is 315 g/mol. The molecule has 1 atom stereocenters. The van der Waals surface area contributed by atoms with Gasteiger partial charge < -0.3 is 5.73 Å². The van der Waals surface area contributed by atoms with E-state index in [9.17, 15) is 13.2 Å². The zero-order chi connectivity index (χ0) is 13.3. The van der Waals surface area contributed by atoms with Gasteiger partial charge in [-0.15, -0.1) is 0 Å². The maximum atomic E-state index is 13.6. The summed E-state index contributed by atoms with van der Waals surface area (Å²) in [4.78, 5) is 0. The lowest BCUT2D eigenvalue weighted by atomic mass is 9.99. The molecule has 0 heterocycles. The molecule has 2 N–H and O–H groups in total. The Morgan fingerprint density at radius 1 is 0.944 bits per heavy atom. The average Bonchev–Trinajstić information content (AvgIpc) is 2.35. The number of rotatable bonds is 2. The lowest BCUT2D eigenvalue weighted by Gasteiger charge is -2.14. The minimum absolute atomic E-state index is 0.0357. The zero-order valence-corrected chi connectivity index (χ0v) is 10.7. The molecule has 18 heavy (non-hydrogen) atoms. The summed E-state index contributed by atoms with van der Waals surface area (Å²) >= 11 is 3.02. The van der Waals surface area contributed by atoms with Crippen LogP contribution in [-0.4, -0.2) is 0 Å². The molecule has 0 aliphatic carbocycles. The largest absolute Gasteiger partial charge is 0.320 e. The van der Waals surface area contributed by atoms with E-state index in [0.717, 1.165) is 18.2 Å². The van der Waals surface area contributed by atoms with Crippen LogP contribution in [0.4, 0.5) is 13.2 Å².